The summed E-state index contributed by atoms with van der Waals surface area (Å²) < 4.78 is 49.3. The summed E-state index contributed by atoms with van der Waals surface area (Å²) in [4.78, 5) is 39.3. The number of cyclic esters (lactones) is 1. The number of aromatic nitrogens is 2. The monoisotopic (exact) mass is 613 g/mol. The lowest BCUT2D eigenvalue weighted by Gasteiger charge is -2.41. The lowest BCUT2D eigenvalue weighted by atomic mass is 9.93. The fourth-order valence-corrected chi connectivity index (χ4v) is 6.46. The van der Waals surface area contributed by atoms with Crippen molar-refractivity contribution < 1.29 is 27.5 Å². The molecule has 0 saturated carbocycles. The maximum atomic E-state index is 14.6. The molecule has 2 aromatic heterocycles. The highest BCUT2D eigenvalue weighted by Gasteiger charge is 2.43. The highest BCUT2D eigenvalue weighted by molar-refractivity contribution is 6.05. The van der Waals surface area contributed by atoms with Crippen molar-refractivity contribution in [2.75, 3.05) is 31.1 Å². The van der Waals surface area contributed by atoms with Gasteiger partial charge in [-0.3, -0.25) is 19.7 Å². The zero-order chi connectivity index (χ0) is 31.3. The summed E-state index contributed by atoms with van der Waals surface area (Å²) in [5, 5.41) is 1.62. The van der Waals surface area contributed by atoms with Crippen LogP contribution < -0.4 is 4.90 Å². The number of para-hydroxylation sites is 1. The van der Waals surface area contributed by atoms with E-state index >= 15 is 0 Å². The third-order valence-corrected chi connectivity index (χ3v) is 8.78. The molecule has 1 unspecified atom stereocenters. The van der Waals surface area contributed by atoms with E-state index in [1.165, 1.54) is 11.0 Å². The molecular weight excluding hydrogens is 583 g/mol. The molecular formula is C34H30F3N5O3. The molecule has 0 radical (unpaired) electrons. The van der Waals surface area contributed by atoms with Crippen LogP contribution in [0.1, 0.15) is 25.3 Å². The first-order valence-electron chi connectivity index (χ1n) is 15.0. The second kappa shape index (κ2) is 11.2. The van der Waals surface area contributed by atoms with Crippen LogP contribution in [0.5, 0.6) is 0 Å². The van der Waals surface area contributed by atoms with Gasteiger partial charge < -0.3 is 14.5 Å². The normalized spacial score (nSPS) is 18.9. The van der Waals surface area contributed by atoms with Crippen LogP contribution in [0.15, 0.2) is 84.3 Å². The van der Waals surface area contributed by atoms with Gasteiger partial charge in [-0.1, -0.05) is 37.3 Å². The molecule has 1 aliphatic carbocycles. The van der Waals surface area contributed by atoms with Crippen LogP contribution in [0.4, 0.5) is 23.7 Å². The fraction of sp³-hybridized carbons (Fsp3) is 0.294. The number of nitrogens with zero attached hydrogens (tertiary/aromatic N) is 5. The number of benzene rings is 2. The van der Waals surface area contributed by atoms with E-state index in [0.29, 0.717) is 54.8 Å². The Labute approximate surface area is 257 Å². The highest BCUT2D eigenvalue weighted by Crippen LogP contribution is 2.42. The molecule has 45 heavy (non-hydrogen) atoms. The second-order valence-corrected chi connectivity index (χ2v) is 11.4. The Balaban J connectivity index is 1.25. The number of anilines is 1. The second-order valence-electron chi connectivity index (χ2n) is 11.4. The van der Waals surface area contributed by atoms with Crippen molar-refractivity contribution in [2.24, 2.45) is 0 Å². The molecule has 3 aliphatic rings. The van der Waals surface area contributed by atoms with E-state index in [-0.39, 0.29) is 18.2 Å². The van der Waals surface area contributed by atoms with Gasteiger partial charge in [0.05, 0.1) is 28.3 Å². The summed E-state index contributed by atoms with van der Waals surface area (Å²) in [7, 11) is 0. The summed E-state index contributed by atoms with van der Waals surface area (Å²) in [5.41, 5.74) is 3.67. The molecule has 1 fully saturated rings. The minimum Gasteiger partial charge on any atom is -0.444 e. The molecule has 2 aromatic carbocycles. The Hall–Kier alpha value is -4.93. The van der Waals surface area contributed by atoms with Crippen molar-refractivity contribution in [1.29, 1.82) is 0 Å². The average Bonchev–Trinajstić information content (AvgIpc) is 3.06. The quantitative estimate of drug-likeness (QED) is 0.258. The lowest BCUT2D eigenvalue weighted by molar-refractivity contribution is -0.132. The standard InChI is InChI=1S/C34H30F3N5O3/c1-2-31(43)41-13-11-40(12-14-41)30-10-8-25(17-27(30)34(35,36)37)42-32-24(20-45-33(42)44)19-39-29-9-7-21(16-26(29)32)23-15-22-5-3-4-6-28(22)38-18-23/h3-10,15-16,18-19,25H,2,11-14,17,20H2,1H3. The van der Waals surface area contributed by atoms with Crippen molar-refractivity contribution in [1.82, 2.24) is 19.8 Å². The molecule has 8 nitrogen and oxygen atoms in total. The maximum Gasteiger partial charge on any atom is 0.415 e. The number of piperazine rings is 1. The maximum absolute atomic E-state index is 14.6. The molecule has 4 aromatic rings. The molecule has 0 bridgehead atoms. The zero-order valence-electron chi connectivity index (χ0n) is 24.6. The van der Waals surface area contributed by atoms with Crippen LogP contribution >= 0.6 is 0 Å². The highest BCUT2D eigenvalue weighted by atomic mass is 19.4. The van der Waals surface area contributed by atoms with Crippen LogP contribution in [-0.2, 0) is 16.1 Å². The minimum atomic E-state index is -4.62. The van der Waals surface area contributed by atoms with Gasteiger partial charge in [0.2, 0.25) is 5.91 Å². The first-order chi connectivity index (χ1) is 21.7. The number of fused-ring (bicyclic) bond motifs is 4. The molecule has 0 spiro atoms. The van der Waals surface area contributed by atoms with Gasteiger partial charge in [-0.05, 0) is 35.9 Å². The van der Waals surface area contributed by atoms with Crippen LogP contribution in [0, 0.1) is 0 Å². The smallest absolute Gasteiger partial charge is 0.415 e. The number of rotatable bonds is 4. The molecule has 1 atom stereocenters. The lowest BCUT2D eigenvalue weighted by Crippen LogP contribution is -2.49. The van der Waals surface area contributed by atoms with E-state index in [1.807, 2.05) is 48.5 Å². The first kappa shape index (κ1) is 28.8. The number of hydrogen-bond donors (Lipinski definition) is 0. The summed E-state index contributed by atoms with van der Waals surface area (Å²) in [6.07, 6.45) is 1.10. The number of halogens is 3. The largest absolute Gasteiger partial charge is 0.444 e. The molecule has 1 saturated heterocycles. The summed E-state index contributed by atoms with van der Waals surface area (Å²) >= 11 is 0. The van der Waals surface area contributed by atoms with Gasteiger partial charge >= 0.3 is 12.3 Å². The van der Waals surface area contributed by atoms with Crippen LogP contribution in [0.2, 0.25) is 0 Å². The van der Waals surface area contributed by atoms with Crippen molar-refractivity contribution in [2.45, 2.75) is 38.6 Å². The number of allylic oxidation sites excluding steroid dienone is 1. The van der Waals surface area contributed by atoms with Crippen molar-refractivity contribution in [3.8, 4) is 11.1 Å². The van der Waals surface area contributed by atoms with Gasteiger partial charge in [0.1, 0.15) is 6.61 Å². The molecule has 2 aliphatic heterocycles. The van der Waals surface area contributed by atoms with Gasteiger partial charge in [0.25, 0.3) is 0 Å². The third-order valence-electron chi connectivity index (χ3n) is 8.78. The number of pyridine rings is 2. The van der Waals surface area contributed by atoms with E-state index in [0.717, 1.165) is 22.0 Å². The minimum absolute atomic E-state index is 0.0112. The first-order valence-corrected chi connectivity index (χ1v) is 15.0. The van der Waals surface area contributed by atoms with Crippen molar-refractivity contribution >= 4 is 39.5 Å². The molecule has 7 rings (SSSR count). The number of alkyl halides is 3. The molecule has 230 valence electrons. The topological polar surface area (TPSA) is 78.9 Å². The van der Waals surface area contributed by atoms with Gasteiger partial charge in [0, 0.05) is 79.0 Å². The van der Waals surface area contributed by atoms with E-state index in [4.69, 9.17) is 4.74 Å². The fourth-order valence-electron chi connectivity index (χ4n) is 6.46. The Morgan fingerprint density at radius 1 is 0.978 bits per heavy atom. The molecule has 4 heterocycles. The number of ether oxygens (including phenoxy) is 1. The van der Waals surface area contributed by atoms with E-state index in [2.05, 4.69) is 9.97 Å². The SMILES string of the molecule is CCC(=O)N1CCN(C2=C(C(F)(F)F)CC(N3C(=O)OCc4cnc5ccc(-c6cnc7ccccc7c6)cc5c43)C=C2)CC1. The van der Waals surface area contributed by atoms with Crippen molar-refractivity contribution in [3.63, 3.8) is 0 Å². The summed E-state index contributed by atoms with van der Waals surface area (Å²) in [6, 6.07) is 14.6. The summed E-state index contributed by atoms with van der Waals surface area (Å²) in [5.74, 6) is -0.0112. The molecule has 0 N–H and O–H groups in total. The van der Waals surface area contributed by atoms with Crippen LogP contribution in [0.25, 0.3) is 32.9 Å². The van der Waals surface area contributed by atoms with Crippen LogP contribution in [-0.4, -0.2) is 70.2 Å². The van der Waals surface area contributed by atoms with Crippen LogP contribution in [0.3, 0.4) is 0 Å². The Kier molecular flexibility index (Phi) is 7.18. The number of hydrogen-bond acceptors (Lipinski definition) is 6. The summed E-state index contributed by atoms with van der Waals surface area (Å²) in [6.45, 7) is 3.06. The number of carbonyl (C=O) groups is 2. The average molecular weight is 614 g/mol. The predicted molar refractivity (Wildman–Crippen MR) is 164 cm³/mol. The zero-order valence-corrected chi connectivity index (χ0v) is 24.6. The Morgan fingerprint density at radius 2 is 1.76 bits per heavy atom. The Morgan fingerprint density at radius 3 is 2.53 bits per heavy atom. The molecule has 2 amide bonds. The van der Waals surface area contributed by atoms with E-state index in [9.17, 15) is 22.8 Å². The van der Waals surface area contributed by atoms with Crippen molar-refractivity contribution in [3.05, 3.63) is 89.9 Å². The predicted octanol–water partition coefficient (Wildman–Crippen LogP) is 6.61. The number of amides is 2. The van der Waals surface area contributed by atoms with E-state index < -0.39 is 30.3 Å². The number of carbonyl (C=O) groups excluding carboxylic acids is 2. The molecule has 11 heteroatoms. The van der Waals surface area contributed by atoms with Gasteiger partial charge in [-0.15, -0.1) is 0 Å². The Bertz CT molecular complexity index is 1900. The van der Waals surface area contributed by atoms with Gasteiger partial charge in [-0.25, -0.2) is 4.79 Å². The third kappa shape index (κ3) is 5.26. The van der Waals surface area contributed by atoms with Gasteiger partial charge in [0.15, 0.2) is 0 Å². The van der Waals surface area contributed by atoms with Gasteiger partial charge in [-0.2, -0.15) is 13.2 Å². The van der Waals surface area contributed by atoms with E-state index in [1.54, 1.807) is 35.2 Å².